The van der Waals surface area contributed by atoms with Crippen molar-refractivity contribution in [2.24, 2.45) is 0 Å². The second kappa shape index (κ2) is 9.20. The van der Waals surface area contributed by atoms with Crippen LogP contribution in [0.15, 0.2) is 54.7 Å². The van der Waals surface area contributed by atoms with Crippen LogP contribution in [0.4, 0.5) is 14.9 Å². The highest BCUT2D eigenvalue weighted by Crippen LogP contribution is 2.14. The van der Waals surface area contributed by atoms with Crippen LogP contribution in [0.1, 0.15) is 21.6 Å². The summed E-state index contributed by atoms with van der Waals surface area (Å²) in [5, 5.41) is 9.16. The van der Waals surface area contributed by atoms with Gasteiger partial charge in [0.2, 0.25) is 0 Å². The van der Waals surface area contributed by atoms with Crippen LogP contribution in [-0.2, 0) is 17.9 Å². The molecular weight excluding hydrogens is 399 g/mol. The van der Waals surface area contributed by atoms with Crippen molar-refractivity contribution in [3.63, 3.8) is 0 Å². The van der Waals surface area contributed by atoms with E-state index in [4.69, 9.17) is 16.3 Å². The maximum Gasteiger partial charge on any atom is 0.411 e. The van der Waals surface area contributed by atoms with E-state index in [1.807, 2.05) is 0 Å². The summed E-state index contributed by atoms with van der Waals surface area (Å²) in [6.07, 6.45) is 0.432. The Morgan fingerprint density at radius 3 is 2.41 bits per heavy atom. The van der Waals surface area contributed by atoms with Crippen molar-refractivity contribution in [3.8, 4) is 0 Å². The first-order valence-electron chi connectivity index (χ1n) is 8.64. The highest BCUT2D eigenvalue weighted by atomic mass is 35.5. The fraction of sp³-hybridized carbons (Fsp3) is 0.150. The standard InChI is InChI=1S/C20H18ClFN4O3/c1-26(19(27)18-17(22)10-23-25-18)11-13-4-8-16(9-5-13)24-20(28)29-12-14-2-6-15(21)7-3-14/h2-10H,11-12H2,1H3,(H,23,25)(H,24,28). The van der Waals surface area contributed by atoms with Crippen LogP contribution in [0, 0.1) is 5.82 Å². The minimum atomic E-state index is -0.696. The summed E-state index contributed by atoms with van der Waals surface area (Å²) in [5.41, 5.74) is 1.91. The van der Waals surface area contributed by atoms with E-state index in [9.17, 15) is 14.0 Å². The molecule has 0 spiro atoms. The largest absolute Gasteiger partial charge is 0.444 e. The highest BCUT2D eigenvalue weighted by molar-refractivity contribution is 6.30. The zero-order valence-corrected chi connectivity index (χ0v) is 16.2. The molecule has 2 amide bonds. The van der Waals surface area contributed by atoms with Gasteiger partial charge in [0, 0.05) is 24.3 Å². The van der Waals surface area contributed by atoms with Gasteiger partial charge in [-0.15, -0.1) is 0 Å². The van der Waals surface area contributed by atoms with Crippen LogP contribution < -0.4 is 5.32 Å². The number of ether oxygens (including phenoxy) is 1. The molecule has 150 valence electrons. The molecule has 1 aromatic heterocycles. The van der Waals surface area contributed by atoms with E-state index in [-0.39, 0.29) is 18.8 Å². The van der Waals surface area contributed by atoms with Gasteiger partial charge < -0.3 is 9.64 Å². The normalized spacial score (nSPS) is 10.4. The molecule has 29 heavy (non-hydrogen) atoms. The monoisotopic (exact) mass is 416 g/mol. The van der Waals surface area contributed by atoms with Crippen LogP contribution in [0.5, 0.6) is 0 Å². The Bertz CT molecular complexity index is 990. The van der Waals surface area contributed by atoms with E-state index in [2.05, 4.69) is 15.5 Å². The number of amides is 2. The number of carbonyl (C=O) groups is 2. The maximum absolute atomic E-state index is 13.5. The molecule has 0 aliphatic rings. The van der Waals surface area contributed by atoms with Crippen LogP contribution in [0.3, 0.4) is 0 Å². The zero-order chi connectivity index (χ0) is 20.8. The lowest BCUT2D eigenvalue weighted by Gasteiger charge is -2.16. The van der Waals surface area contributed by atoms with E-state index >= 15 is 0 Å². The van der Waals surface area contributed by atoms with Gasteiger partial charge >= 0.3 is 6.09 Å². The van der Waals surface area contributed by atoms with Crippen molar-refractivity contribution in [1.82, 2.24) is 15.1 Å². The molecule has 7 nitrogen and oxygen atoms in total. The number of hydrogen-bond acceptors (Lipinski definition) is 4. The quantitative estimate of drug-likeness (QED) is 0.629. The molecule has 3 rings (SSSR count). The molecule has 3 aromatic rings. The first-order chi connectivity index (χ1) is 13.9. The van der Waals surface area contributed by atoms with Crippen LogP contribution in [0.2, 0.25) is 5.02 Å². The van der Waals surface area contributed by atoms with Crippen LogP contribution >= 0.6 is 11.6 Å². The number of H-pyrrole nitrogens is 1. The summed E-state index contributed by atoms with van der Waals surface area (Å²) in [7, 11) is 1.55. The molecule has 9 heteroatoms. The van der Waals surface area contributed by atoms with Crippen molar-refractivity contribution in [1.29, 1.82) is 0 Å². The van der Waals surface area contributed by atoms with Gasteiger partial charge in [-0.25, -0.2) is 9.18 Å². The fourth-order valence-corrected chi connectivity index (χ4v) is 2.65. The minimum absolute atomic E-state index is 0.123. The van der Waals surface area contributed by atoms with Gasteiger partial charge in [-0.2, -0.15) is 5.10 Å². The Kier molecular flexibility index (Phi) is 6.46. The third kappa shape index (κ3) is 5.55. The molecule has 2 N–H and O–H groups in total. The van der Waals surface area contributed by atoms with Gasteiger partial charge in [-0.3, -0.25) is 15.2 Å². The average Bonchev–Trinajstić information content (AvgIpc) is 3.14. The second-order valence-electron chi connectivity index (χ2n) is 6.27. The van der Waals surface area contributed by atoms with Crippen LogP contribution in [-0.4, -0.2) is 34.1 Å². The number of nitrogens with zero attached hydrogens (tertiary/aromatic N) is 2. The number of hydrogen-bond donors (Lipinski definition) is 2. The average molecular weight is 417 g/mol. The summed E-state index contributed by atoms with van der Waals surface area (Å²) in [5.74, 6) is -1.23. The number of aromatic amines is 1. The lowest BCUT2D eigenvalue weighted by Crippen LogP contribution is -2.27. The van der Waals surface area contributed by atoms with E-state index in [0.717, 1.165) is 17.3 Å². The van der Waals surface area contributed by atoms with Crippen molar-refractivity contribution in [2.45, 2.75) is 13.2 Å². The maximum atomic E-state index is 13.5. The van der Waals surface area contributed by atoms with Gasteiger partial charge in [0.1, 0.15) is 6.61 Å². The smallest absolute Gasteiger partial charge is 0.411 e. The molecule has 0 aliphatic heterocycles. The summed E-state index contributed by atoms with van der Waals surface area (Å²) in [6.45, 7) is 0.379. The van der Waals surface area contributed by atoms with Gasteiger partial charge in [0.25, 0.3) is 5.91 Å². The summed E-state index contributed by atoms with van der Waals surface area (Å²) in [6, 6.07) is 13.9. The third-order valence-electron chi connectivity index (χ3n) is 4.05. The summed E-state index contributed by atoms with van der Waals surface area (Å²) >= 11 is 5.81. The molecule has 0 aliphatic carbocycles. The van der Waals surface area contributed by atoms with Crippen molar-refractivity contribution < 1.29 is 18.7 Å². The van der Waals surface area contributed by atoms with Crippen molar-refractivity contribution in [2.75, 3.05) is 12.4 Å². The van der Waals surface area contributed by atoms with E-state index < -0.39 is 17.8 Å². The Morgan fingerprint density at radius 1 is 1.14 bits per heavy atom. The minimum Gasteiger partial charge on any atom is -0.444 e. The number of anilines is 1. The number of aromatic nitrogens is 2. The molecule has 2 aromatic carbocycles. The van der Waals surface area contributed by atoms with Gasteiger partial charge in [-0.1, -0.05) is 35.9 Å². The lowest BCUT2D eigenvalue weighted by molar-refractivity contribution is 0.0774. The Morgan fingerprint density at radius 2 is 1.79 bits per heavy atom. The van der Waals surface area contributed by atoms with E-state index in [0.29, 0.717) is 10.7 Å². The predicted octanol–water partition coefficient (Wildman–Crippen LogP) is 4.22. The number of halogens is 2. The van der Waals surface area contributed by atoms with Gasteiger partial charge in [-0.05, 0) is 35.4 Å². The Labute approximate surface area is 171 Å². The predicted molar refractivity (Wildman–Crippen MR) is 106 cm³/mol. The topological polar surface area (TPSA) is 87.3 Å². The first kappa shape index (κ1) is 20.3. The molecule has 0 saturated heterocycles. The van der Waals surface area contributed by atoms with Crippen LogP contribution in [0.25, 0.3) is 0 Å². The van der Waals surface area contributed by atoms with E-state index in [1.54, 1.807) is 55.6 Å². The number of rotatable bonds is 6. The molecule has 0 atom stereocenters. The first-order valence-corrected chi connectivity index (χ1v) is 9.02. The molecule has 0 unspecified atom stereocenters. The molecule has 0 bridgehead atoms. The van der Waals surface area contributed by atoms with Gasteiger partial charge in [0.15, 0.2) is 11.5 Å². The van der Waals surface area contributed by atoms with Crippen molar-refractivity contribution >= 4 is 29.3 Å². The molecular formula is C20H18ClFN4O3. The number of carbonyl (C=O) groups excluding carboxylic acids is 2. The molecule has 0 fully saturated rings. The lowest BCUT2D eigenvalue weighted by atomic mass is 10.2. The summed E-state index contributed by atoms with van der Waals surface area (Å²) < 4.78 is 18.6. The van der Waals surface area contributed by atoms with Gasteiger partial charge in [0.05, 0.1) is 6.20 Å². The zero-order valence-electron chi connectivity index (χ0n) is 15.5. The fourth-order valence-electron chi connectivity index (χ4n) is 2.53. The summed E-state index contributed by atoms with van der Waals surface area (Å²) in [4.78, 5) is 25.4. The number of benzene rings is 2. The molecule has 1 heterocycles. The third-order valence-corrected chi connectivity index (χ3v) is 4.30. The SMILES string of the molecule is CN(Cc1ccc(NC(=O)OCc2ccc(Cl)cc2)cc1)C(=O)c1n[nH]cc1F. The molecule has 0 radical (unpaired) electrons. The highest BCUT2D eigenvalue weighted by Gasteiger charge is 2.19. The number of nitrogens with one attached hydrogen (secondary N) is 2. The molecule has 0 saturated carbocycles. The van der Waals surface area contributed by atoms with E-state index in [1.165, 1.54) is 4.90 Å². The Balaban J connectivity index is 1.50. The Hall–Kier alpha value is -3.39. The van der Waals surface area contributed by atoms with Crippen molar-refractivity contribution in [3.05, 3.63) is 82.4 Å². The second-order valence-corrected chi connectivity index (χ2v) is 6.70.